The van der Waals surface area contributed by atoms with Crippen molar-refractivity contribution in [3.05, 3.63) is 30.0 Å². The molecule has 20 heavy (non-hydrogen) atoms. The number of benzene rings is 1. The molecule has 2 heterocycles. The number of epoxide rings is 1. The molecule has 0 saturated carbocycles. The molecule has 0 radical (unpaired) electrons. The second-order valence-electron chi connectivity index (χ2n) is 5.22. The molecule has 4 nitrogen and oxygen atoms in total. The van der Waals surface area contributed by atoms with Crippen LogP contribution in [0.5, 0.6) is 5.75 Å². The van der Waals surface area contributed by atoms with Crippen LogP contribution in [0.2, 0.25) is 0 Å². The predicted molar refractivity (Wildman–Crippen MR) is 75.9 cm³/mol. The minimum Gasteiger partial charge on any atom is -0.486 e. The lowest BCUT2D eigenvalue weighted by molar-refractivity contribution is 0.132. The molecular weight excluding hydrogens is 256 g/mol. The monoisotopic (exact) mass is 276 g/mol. The van der Waals surface area contributed by atoms with Gasteiger partial charge in [-0.05, 0) is 18.6 Å². The van der Waals surface area contributed by atoms with Gasteiger partial charge in [0.15, 0.2) is 11.5 Å². The number of unbranched alkanes of at least 4 members (excludes halogenated alkanes) is 1. The van der Waals surface area contributed by atoms with E-state index in [2.05, 4.69) is 6.92 Å². The van der Waals surface area contributed by atoms with Gasteiger partial charge in [0, 0.05) is 0 Å². The fraction of sp³-hybridized carbons (Fsp3) is 0.500. The van der Waals surface area contributed by atoms with Gasteiger partial charge in [0.1, 0.15) is 24.4 Å². The minimum absolute atomic E-state index is 0.185. The van der Waals surface area contributed by atoms with Gasteiger partial charge in [0.05, 0.1) is 12.0 Å². The van der Waals surface area contributed by atoms with Crippen molar-refractivity contribution in [3.63, 3.8) is 0 Å². The van der Waals surface area contributed by atoms with Gasteiger partial charge in [-0.2, -0.15) is 0 Å². The van der Waals surface area contributed by atoms with Gasteiger partial charge < -0.3 is 19.0 Å². The largest absolute Gasteiger partial charge is 0.486 e. The van der Waals surface area contributed by atoms with Crippen LogP contribution in [0.25, 0.3) is 11.0 Å². The number of aliphatic hydroxyl groups excluding tert-OH is 1. The van der Waals surface area contributed by atoms with E-state index in [1.165, 1.54) is 0 Å². The maximum Gasteiger partial charge on any atom is 0.175 e. The van der Waals surface area contributed by atoms with E-state index in [0.29, 0.717) is 24.5 Å². The van der Waals surface area contributed by atoms with Gasteiger partial charge in [-0.25, -0.2) is 0 Å². The highest BCUT2D eigenvalue weighted by Crippen LogP contribution is 2.38. The number of ether oxygens (including phenoxy) is 2. The Morgan fingerprint density at radius 2 is 2.20 bits per heavy atom. The Morgan fingerprint density at radius 3 is 2.95 bits per heavy atom. The Labute approximate surface area is 118 Å². The topological polar surface area (TPSA) is 55.1 Å². The fourth-order valence-corrected chi connectivity index (χ4v) is 2.28. The van der Waals surface area contributed by atoms with Crippen molar-refractivity contribution in [2.75, 3.05) is 13.2 Å². The molecule has 1 aromatic heterocycles. The van der Waals surface area contributed by atoms with Gasteiger partial charge in [0.25, 0.3) is 0 Å². The van der Waals surface area contributed by atoms with Crippen molar-refractivity contribution < 1.29 is 19.0 Å². The molecule has 1 aromatic carbocycles. The highest BCUT2D eigenvalue weighted by atomic mass is 16.6. The van der Waals surface area contributed by atoms with E-state index < -0.39 is 6.10 Å². The molecule has 1 aliphatic heterocycles. The number of fused-ring (bicyclic) bond motifs is 1. The first-order valence-corrected chi connectivity index (χ1v) is 7.23. The Bertz CT molecular complexity index is 571. The Hall–Kier alpha value is -1.52. The lowest BCUT2D eigenvalue weighted by Crippen LogP contribution is -2.06. The molecule has 2 aromatic rings. The summed E-state index contributed by atoms with van der Waals surface area (Å²) < 4.78 is 16.8. The highest BCUT2D eigenvalue weighted by molar-refractivity contribution is 5.85. The molecule has 1 aliphatic rings. The van der Waals surface area contributed by atoms with Crippen LogP contribution in [-0.4, -0.2) is 24.4 Å². The molecule has 4 heteroatoms. The molecule has 2 atom stereocenters. The predicted octanol–water partition coefficient (Wildman–Crippen LogP) is 3.43. The molecule has 0 amide bonds. The van der Waals surface area contributed by atoms with Crippen molar-refractivity contribution in [3.8, 4) is 5.75 Å². The summed E-state index contributed by atoms with van der Waals surface area (Å²) in [5.74, 6) is 1.21. The summed E-state index contributed by atoms with van der Waals surface area (Å²) in [4.78, 5) is 0. The third-order valence-electron chi connectivity index (χ3n) is 3.53. The van der Waals surface area contributed by atoms with Crippen LogP contribution in [-0.2, 0) is 4.74 Å². The van der Waals surface area contributed by atoms with Crippen LogP contribution < -0.4 is 4.74 Å². The SMILES string of the molecule is CCCCC(O)c1oc2ccccc2c1OCC1CO1. The summed E-state index contributed by atoms with van der Waals surface area (Å²) >= 11 is 0. The van der Waals surface area contributed by atoms with Crippen LogP contribution in [0.1, 0.15) is 38.1 Å². The van der Waals surface area contributed by atoms with E-state index in [4.69, 9.17) is 13.9 Å². The van der Waals surface area contributed by atoms with Gasteiger partial charge in [0.2, 0.25) is 0 Å². The molecular formula is C16H20O4. The molecule has 3 rings (SSSR count). The number of furan rings is 1. The van der Waals surface area contributed by atoms with Gasteiger partial charge in [-0.3, -0.25) is 0 Å². The van der Waals surface area contributed by atoms with E-state index in [1.54, 1.807) is 0 Å². The standard InChI is InChI=1S/C16H20O4/c1-2-3-7-13(17)16-15(19-10-11-9-18-11)12-6-4-5-8-14(12)20-16/h4-6,8,11,13,17H,2-3,7,9-10H2,1H3. The fourth-order valence-electron chi connectivity index (χ4n) is 2.28. The maximum atomic E-state index is 10.3. The van der Waals surface area contributed by atoms with Crippen molar-refractivity contribution in [2.24, 2.45) is 0 Å². The summed E-state index contributed by atoms with van der Waals surface area (Å²) in [6.07, 6.45) is 2.26. The van der Waals surface area contributed by atoms with Crippen LogP contribution in [0, 0.1) is 0 Å². The smallest absolute Gasteiger partial charge is 0.175 e. The summed E-state index contributed by atoms with van der Waals surface area (Å²) in [5, 5.41) is 11.2. The first-order chi connectivity index (χ1) is 9.79. The molecule has 1 N–H and O–H groups in total. The molecule has 0 spiro atoms. The second kappa shape index (κ2) is 5.85. The molecule has 0 bridgehead atoms. The summed E-state index contributed by atoms with van der Waals surface area (Å²) in [6.45, 7) is 3.37. The second-order valence-corrected chi connectivity index (χ2v) is 5.22. The third-order valence-corrected chi connectivity index (χ3v) is 3.53. The molecule has 1 saturated heterocycles. The van der Waals surface area contributed by atoms with E-state index in [1.807, 2.05) is 24.3 Å². The van der Waals surface area contributed by atoms with E-state index in [-0.39, 0.29) is 6.10 Å². The molecule has 0 aliphatic carbocycles. The Kier molecular flexibility index (Phi) is 3.94. The van der Waals surface area contributed by atoms with Crippen LogP contribution >= 0.6 is 0 Å². The normalized spacial score (nSPS) is 19.2. The van der Waals surface area contributed by atoms with Gasteiger partial charge in [-0.1, -0.05) is 31.9 Å². The van der Waals surface area contributed by atoms with E-state index in [9.17, 15) is 5.11 Å². The lowest BCUT2D eigenvalue weighted by Gasteiger charge is -2.10. The molecule has 1 fully saturated rings. The quantitative estimate of drug-likeness (QED) is 0.787. The Balaban J connectivity index is 1.88. The van der Waals surface area contributed by atoms with Crippen LogP contribution in [0.3, 0.4) is 0 Å². The average Bonchev–Trinajstić information content (AvgIpc) is 3.22. The number of hydrogen-bond donors (Lipinski definition) is 1. The first-order valence-electron chi connectivity index (χ1n) is 7.23. The van der Waals surface area contributed by atoms with Crippen LogP contribution in [0.15, 0.2) is 28.7 Å². The van der Waals surface area contributed by atoms with Crippen molar-refractivity contribution >= 4 is 11.0 Å². The zero-order chi connectivity index (χ0) is 13.9. The van der Waals surface area contributed by atoms with Crippen molar-refractivity contribution in [2.45, 2.75) is 38.4 Å². The lowest BCUT2D eigenvalue weighted by atomic mass is 10.1. The number of hydrogen-bond acceptors (Lipinski definition) is 4. The van der Waals surface area contributed by atoms with Gasteiger partial charge in [-0.15, -0.1) is 0 Å². The first kappa shape index (κ1) is 13.5. The van der Waals surface area contributed by atoms with Crippen molar-refractivity contribution in [1.29, 1.82) is 0 Å². The molecule has 2 unspecified atom stereocenters. The average molecular weight is 276 g/mol. The summed E-state index contributed by atoms with van der Waals surface area (Å²) in [7, 11) is 0. The third kappa shape index (κ3) is 2.81. The molecule has 108 valence electrons. The maximum absolute atomic E-state index is 10.3. The summed E-state index contributed by atoms with van der Waals surface area (Å²) in [5.41, 5.74) is 0.754. The van der Waals surface area contributed by atoms with E-state index in [0.717, 1.165) is 30.4 Å². The zero-order valence-corrected chi connectivity index (χ0v) is 11.7. The van der Waals surface area contributed by atoms with Crippen molar-refractivity contribution in [1.82, 2.24) is 0 Å². The Morgan fingerprint density at radius 1 is 1.40 bits per heavy atom. The zero-order valence-electron chi connectivity index (χ0n) is 11.7. The highest BCUT2D eigenvalue weighted by Gasteiger charge is 2.27. The summed E-state index contributed by atoms with van der Waals surface area (Å²) in [6, 6.07) is 7.71. The number of para-hydroxylation sites is 1. The minimum atomic E-state index is -0.613. The number of rotatable bonds is 7. The number of aliphatic hydroxyl groups is 1. The van der Waals surface area contributed by atoms with E-state index >= 15 is 0 Å². The van der Waals surface area contributed by atoms with Crippen LogP contribution in [0.4, 0.5) is 0 Å². The van der Waals surface area contributed by atoms with Gasteiger partial charge >= 0.3 is 0 Å².